The maximum Gasteiger partial charge on any atom is 0.0495 e. The van der Waals surface area contributed by atoms with Gasteiger partial charge in [-0.25, -0.2) is 0 Å². The molecule has 6 atom stereocenters. The maximum absolute atomic E-state index is 2.68. The third-order valence-electron chi connectivity index (χ3n) is 15.0. The van der Waals surface area contributed by atoms with E-state index in [0.29, 0.717) is 23.7 Å². The predicted molar refractivity (Wildman–Crippen MR) is 231 cm³/mol. The van der Waals surface area contributed by atoms with Crippen molar-refractivity contribution in [2.24, 2.45) is 11.8 Å². The van der Waals surface area contributed by atoms with Crippen LogP contribution in [-0.4, -0.2) is 11.1 Å². The summed E-state index contributed by atoms with van der Waals surface area (Å²) < 4.78 is 0. The second-order valence-electron chi connectivity index (χ2n) is 18.2. The van der Waals surface area contributed by atoms with E-state index in [9.17, 15) is 0 Å². The molecule has 2 saturated carbocycles. The lowest BCUT2D eigenvalue weighted by Crippen LogP contribution is -2.47. The van der Waals surface area contributed by atoms with Crippen molar-refractivity contribution in [1.82, 2.24) is 0 Å². The Kier molecular flexibility index (Phi) is 7.39. The summed E-state index contributed by atoms with van der Waals surface area (Å²) in [5.41, 5.74) is 19.7. The molecule has 11 rings (SSSR count). The van der Waals surface area contributed by atoms with Crippen LogP contribution in [0.2, 0.25) is 0 Å². The average molecular weight is 717 g/mol. The number of hydrogen-bond donors (Lipinski definition) is 0. The lowest BCUT2D eigenvalue weighted by atomic mass is 9.67. The minimum atomic E-state index is 0.0955. The fourth-order valence-electron chi connectivity index (χ4n) is 12.7. The predicted octanol–water partition coefficient (Wildman–Crippen LogP) is 14.2. The summed E-state index contributed by atoms with van der Waals surface area (Å²) in [6, 6.07) is 51.5. The zero-order valence-electron chi connectivity index (χ0n) is 32.9. The van der Waals surface area contributed by atoms with Gasteiger partial charge in [-0.1, -0.05) is 99.5 Å². The Bertz CT molecular complexity index is 2290. The van der Waals surface area contributed by atoms with E-state index in [1.165, 1.54) is 117 Å². The number of benzene rings is 6. The molecule has 6 aromatic carbocycles. The summed E-state index contributed by atoms with van der Waals surface area (Å²) in [7, 11) is 0. The van der Waals surface area contributed by atoms with Crippen molar-refractivity contribution in [2.75, 3.05) is 9.80 Å². The highest BCUT2D eigenvalue weighted by atomic mass is 15.2. The van der Waals surface area contributed by atoms with Crippen LogP contribution >= 0.6 is 0 Å². The van der Waals surface area contributed by atoms with Crippen molar-refractivity contribution in [3.63, 3.8) is 0 Å². The number of nitrogens with zero attached hydrogens (tertiary/aromatic N) is 2. The molecule has 55 heavy (non-hydrogen) atoms. The van der Waals surface area contributed by atoms with Crippen molar-refractivity contribution >= 4 is 22.7 Å². The quantitative estimate of drug-likeness (QED) is 0.179. The average Bonchev–Trinajstić information content (AvgIpc) is 3.80. The molecule has 2 heterocycles. The van der Waals surface area contributed by atoms with E-state index < -0.39 is 0 Å². The van der Waals surface area contributed by atoms with E-state index in [2.05, 4.69) is 171 Å². The van der Waals surface area contributed by atoms with Gasteiger partial charge in [0, 0.05) is 45.7 Å². The Hall–Kier alpha value is -5.08. The molecule has 2 fully saturated rings. The molecule has 2 nitrogen and oxygen atoms in total. The van der Waals surface area contributed by atoms with Crippen molar-refractivity contribution in [3.05, 3.63) is 156 Å². The van der Waals surface area contributed by atoms with Gasteiger partial charge in [0.25, 0.3) is 0 Å². The molecule has 6 aromatic rings. The van der Waals surface area contributed by atoms with Crippen molar-refractivity contribution in [3.8, 4) is 33.4 Å². The highest BCUT2D eigenvalue weighted by Crippen LogP contribution is 2.61. The first-order chi connectivity index (χ1) is 26.8. The maximum atomic E-state index is 2.68. The van der Waals surface area contributed by atoms with Gasteiger partial charge in [0.2, 0.25) is 0 Å². The van der Waals surface area contributed by atoms with Gasteiger partial charge >= 0.3 is 0 Å². The number of para-hydroxylation sites is 2. The summed E-state index contributed by atoms with van der Waals surface area (Å²) in [6.07, 6.45) is 8.66. The molecule has 2 aliphatic heterocycles. The van der Waals surface area contributed by atoms with Crippen molar-refractivity contribution in [1.29, 1.82) is 0 Å². The van der Waals surface area contributed by atoms with E-state index in [1.807, 2.05) is 0 Å². The Morgan fingerprint density at radius 3 is 1.31 bits per heavy atom. The van der Waals surface area contributed by atoms with Crippen LogP contribution in [0.1, 0.15) is 100 Å². The number of fused-ring (bicyclic) bond motifs is 9. The molecule has 0 N–H and O–H groups in total. The van der Waals surface area contributed by atoms with Crippen molar-refractivity contribution in [2.45, 2.75) is 95.6 Å². The van der Waals surface area contributed by atoms with Crippen LogP contribution in [0.25, 0.3) is 33.4 Å². The largest absolute Gasteiger partial charge is 0.335 e. The van der Waals surface area contributed by atoms with Crippen LogP contribution in [0.4, 0.5) is 22.7 Å². The van der Waals surface area contributed by atoms with E-state index in [4.69, 9.17) is 0 Å². The first kappa shape index (κ1) is 33.3. The molecule has 274 valence electrons. The van der Waals surface area contributed by atoms with Gasteiger partial charge in [-0.15, -0.1) is 0 Å². The summed E-state index contributed by atoms with van der Waals surface area (Å²) in [5, 5.41) is 0. The van der Waals surface area contributed by atoms with Gasteiger partial charge < -0.3 is 9.80 Å². The van der Waals surface area contributed by atoms with Gasteiger partial charge in [-0.3, -0.25) is 0 Å². The Labute approximate surface area is 327 Å². The van der Waals surface area contributed by atoms with Crippen LogP contribution in [0, 0.1) is 11.8 Å². The molecule has 0 saturated heterocycles. The lowest BCUT2D eigenvalue weighted by Gasteiger charge is -2.46. The van der Waals surface area contributed by atoms with Gasteiger partial charge in [0.05, 0.1) is 0 Å². The second-order valence-corrected chi connectivity index (χ2v) is 18.2. The van der Waals surface area contributed by atoms with Gasteiger partial charge in [-0.05, 0) is 174 Å². The van der Waals surface area contributed by atoms with Crippen LogP contribution in [0.3, 0.4) is 0 Å². The Morgan fingerprint density at radius 2 is 0.873 bits per heavy atom. The molecular formula is C53H52N2. The zero-order chi connectivity index (χ0) is 37.1. The van der Waals surface area contributed by atoms with E-state index in [1.54, 1.807) is 0 Å². The Morgan fingerprint density at radius 1 is 0.473 bits per heavy atom. The molecule has 3 aliphatic carbocycles. The van der Waals surface area contributed by atoms with Crippen molar-refractivity contribution < 1.29 is 0 Å². The molecule has 2 heteroatoms. The van der Waals surface area contributed by atoms with Crippen LogP contribution in [0.5, 0.6) is 0 Å². The molecule has 0 radical (unpaired) electrons. The van der Waals surface area contributed by atoms with Gasteiger partial charge in [0.1, 0.15) is 0 Å². The number of anilines is 4. The third-order valence-corrected chi connectivity index (χ3v) is 15.0. The summed E-state index contributed by atoms with van der Waals surface area (Å²) in [6.45, 7) is 10.0. The van der Waals surface area contributed by atoms with Crippen LogP contribution in [0.15, 0.2) is 133 Å². The summed E-state index contributed by atoms with van der Waals surface area (Å²) >= 11 is 0. The molecule has 0 bridgehead atoms. The first-order valence-corrected chi connectivity index (χ1v) is 21.1. The zero-order valence-corrected chi connectivity index (χ0v) is 32.9. The minimum Gasteiger partial charge on any atom is -0.335 e. The molecule has 0 spiro atoms. The smallest absolute Gasteiger partial charge is 0.0495 e. The van der Waals surface area contributed by atoms with Crippen LogP contribution < -0.4 is 9.80 Å². The molecule has 5 aliphatic rings. The number of rotatable bonds is 4. The van der Waals surface area contributed by atoms with Crippen LogP contribution in [-0.2, 0) is 6.42 Å². The lowest BCUT2D eigenvalue weighted by molar-refractivity contribution is 0.223. The third kappa shape index (κ3) is 4.86. The Balaban J connectivity index is 0.967. The number of hydrogen-bond acceptors (Lipinski definition) is 2. The molecule has 0 amide bonds. The standard InChI is InChI=1S/C53H52N2/c1-34-13-11-27-52(3)50(34)46-32-38(23-25-48(46)54(52)42-15-7-5-8-16-42)36-19-21-40-29-41-22-20-37(31-45(41)44(40)30-36)39-24-26-49-47(33-39)51-35(2)14-12-28-53(51,4)55(49)43-17-9-6-10-18-43/h5-10,15-26,30-35,50-51H,11-14,27-29H2,1-4H3. The molecule has 6 unspecified atom stereocenters. The van der Waals surface area contributed by atoms with E-state index in [-0.39, 0.29) is 11.1 Å². The molecular weight excluding hydrogens is 665 g/mol. The normalized spacial score (nSPS) is 27.2. The van der Waals surface area contributed by atoms with Gasteiger partial charge in [0.15, 0.2) is 0 Å². The van der Waals surface area contributed by atoms with E-state index in [0.717, 1.165) is 6.42 Å². The summed E-state index contributed by atoms with van der Waals surface area (Å²) in [4.78, 5) is 5.36. The highest BCUT2D eigenvalue weighted by molar-refractivity contribution is 5.87. The highest BCUT2D eigenvalue weighted by Gasteiger charge is 2.53. The second kappa shape index (κ2) is 12.2. The first-order valence-electron chi connectivity index (χ1n) is 21.1. The molecule has 0 aromatic heterocycles. The van der Waals surface area contributed by atoms with E-state index >= 15 is 0 Å². The minimum absolute atomic E-state index is 0.0955. The topological polar surface area (TPSA) is 6.48 Å². The summed E-state index contributed by atoms with van der Waals surface area (Å²) in [5.74, 6) is 2.36. The fraction of sp³-hybridized carbons (Fsp3) is 0.321. The van der Waals surface area contributed by atoms with Gasteiger partial charge in [-0.2, -0.15) is 0 Å². The monoisotopic (exact) mass is 716 g/mol. The fourth-order valence-corrected chi connectivity index (χ4v) is 12.7. The SMILES string of the molecule is CC1CCCC2(C)C1c1cc(-c3ccc4c(c3)-c3cc(-c5ccc6c(c5)C5C(C)CCCC5(C)N6c5ccccc5)ccc3C4)ccc1N2c1ccccc1.